The largest absolute Gasteiger partial charge is 0.493 e. The van der Waals surface area contributed by atoms with Crippen LogP contribution < -0.4 is 15.0 Å². The Balaban J connectivity index is 1.81. The van der Waals surface area contributed by atoms with Crippen molar-refractivity contribution in [1.29, 1.82) is 0 Å². The number of nitrogens with zero attached hydrogens (tertiary/aromatic N) is 1. The van der Waals surface area contributed by atoms with Gasteiger partial charge in [-0.3, -0.25) is 4.79 Å². The third kappa shape index (κ3) is 2.43. The average molecular weight is 346 g/mol. The predicted molar refractivity (Wildman–Crippen MR) is 92.0 cm³/mol. The van der Waals surface area contributed by atoms with E-state index in [0.717, 1.165) is 18.4 Å². The van der Waals surface area contributed by atoms with Crippen LogP contribution in [0.25, 0.3) is 22.2 Å². The summed E-state index contributed by atoms with van der Waals surface area (Å²) in [6.07, 6.45) is 5.08. The predicted octanol–water partition coefficient (Wildman–Crippen LogP) is 3.51. The smallest absolute Gasteiger partial charge is 0.275 e. The zero-order chi connectivity index (χ0) is 16.7. The van der Waals surface area contributed by atoms with E-state index < -0.39 is 0 Å². The molecule has 0 saturated heterocycles. The molecule has 24 heavy (non-hydrogen) atoms. The minimum atomic E-state index is -0.320. The molecule has 1 aliphatic carbocycles. The van der Waals surface area contributed by atoms with E-state index in [2.05, 4.69) is 15.2 Å². The van der Waals surface area contributed by atoms with Gasteiger partial charge < -0.3 is 14.5 Å². The Bertz CT molecular complexity index is 959. The molecule has 2 aromatic heterocycles. The lowest BCUT2D eigenvalue weighted by Crippen LogP contribution is -2.24. The van der Waals surface area contributed by atoms with E-state index in [1.165, 1.54) is 6.42 Å². The van der Waals surface area contributed by atoms with Gasteiger partial charge in [0.05, 0.1) is 41.0 Å². The number of halogens is 1. The number of hydrogen-bond acceptors (Lipinski definition) is 4. The highest BCUT2D eigenvalue weighted by Crippen LogP contribution is 2.38. The summed E-state index contributed by atoms with van der Waals surface area (Å²) in [6.45, 7) is 0. The topological polar surface area (TPSA) is 80.0 Å². The molecule has 6 nitrogen and oxygen atoms in total. The van der Waals surface area contributed by atoms with Crippen molar-refractivity contribution in [3.63, 3.8) is 0 Å². The van der Waals surface area contributed by atoms with E-state index in [-0.39, 0.29) is 11.7 Å². The van der Waals surface area contributed by atoms with Crippen molar-refractivity contribution in [1.82, 2.24) is 15.2 Å². The van der Waals surface area contributed by atoms with E-state index in [0.29, 0.717) is 33.1 Å². The van der Waals surface area contributed by atoms with E-state index in [1.807, 2.05) is 18.2 Å². The maximum atomic E-state index is 11.9. The van der Waals surface area contributed by atoms with Crippen LogP contribution in [0.15, 0.2) is 29.2 Å². The highest BCUT2D eigenvalue weighted by molar-refractivity contribution is 6.38. The second-order valence-electron chi connectivity index (χ2n) is 5.84. The first-order valence-electron chi connectivity index (χ1n) is 7.77. The van der Waals surface area contributed by atoms with Crippen molar-refractivity contribution in [2.24, 2.45) is 0 Å². The van der Waals surface area contributed by atoms with Gasteiger partial charge in [0, 0.05) is 5.56 Å². The Hall–Kier alpha value is -2.47. The lowest BCUT2D eigenvalue weighted by Gasteiger charge is -2.27. The van der Waals surface area contributed by atoms with Crippen LogP contribution in [-0.2, 0) is 0 Å². The highest BCUT2D eigenvalue weighted by Gasteiger charge is 2.22. The Morgan fingerprint density at radius 1 is 1.29 bits per heavy atom. The highest BCUT2D eigenvalue weighted by atomic mass is 35.5. The maximum absolute atomic E-state index is 11.9. The minimum Gasteiger partial charge on any atom is -0.493 e. The van der Waals surface area contributed by atoms with E-state index in [9.17, 15) is 4.79 Å². The van der Waals surface area contributed by atoms with Crippen molar-refractivity contribution in [3.05, 3.63) is 39.8 Å². The van der Waals surface area contributed by atoms with Crippen LogP contribution in [0.5, 0.6) is 11.5 Å². The molecule has 1 aliphatic rings. The van der Waals surface area contributed by atoms with Gasteiger partial charge in [-0.05, 0) is 37.5 Å². The van der Waals surface area contributed by atoms with Crippen LogP contribution in [0.4, 0.5) is 0 Å². The van der Waals surface area contributed by atoms with Gasteiger partial charge in [-0.15, -0.1) is 0 Å². The quantitative estimate of drug-likeness (QED) is 0.758. The molecule has 7 heteroatoms. The fourth-order valence-corrected chi connectivity index (χ4v) is 3.16. The molecule has 2 heterocycles. The molecule has 3 aromatic rings. The molecule has 124 valence electrons. The van der Waals surface area contributed by atoms with Crippen LogP contribution >= 0.6 is 11.6 Å². The number of H-pyrrole nitrogens is 2. The SMILES string of the molecule is COc1ccc(-c2[nH]c3cn[nH]c(=O)c3c2Cl)cc1OC1CCC1. The molecule has 0 unspecified atom stereocenters. The van der Waals surface area contributed by atoms with Gasteiger partial charge in [0.1, 0.15) is 0 Å². The van der Waals surface area contributed by atoms with Crippen molar-refractivity contribution in [2.45, 2.75) is 25.4 Å². The molecule has 1 fully saturated rings. The molecule has 4 rings (SSSR count). The summed E-state index contributed by atoms with van der Waals surface area (Å²) in [4.78, 5) is 15.1. The van der Waals surface area contributed by atoms with Gasteiger partial charge in [-0.25, -0.2) is 5.10 Å². The first kappa shape index (κ1) is 15.1. The Kier molecular flexibility index (Phi) is 3.69. The summed E-state index contributed by atoms with van der Waals surface area (Å²) in [5.74, 6) is 1.36. The summed E-state index contributed by atoms with van der Waals surface area (Å²) < 4.78 is 11.4. The average Bonchev–Trinajstić information content (AvgIpc) is 2.89. The number of hydrogen-bond donors (Lipinski definition) is 2. The fourth-order valence-electron chi connectivity index (χ4n) is 2.82. The fraction of sp³-hybridized carbons (Fsp3) is 0.294. The second kappa shape index (κ2) is 5.87. The second-order valence-corrected chi connectivity index (χ2v) is 6.22. The summed E-state index contributed by atoms with van der Waals surface area (Å²) in [5, 5.41) is 6.96. The summed E-state index contributed by atoms with van der Waals surface area (Å²) in [6, 6.07) is 5.60. The molecule has 0 aliphatic heterocycles. The number of aromatic amines is 2. The number of aromatic nitrogens is 3. The number of methoxy groups -OCH3 is 1. The third-order valence-corrected chi connectivity index (χ3v) is 4.73. The lowest BCUT2D eigenvalue weighted by atomic mass is 9.96. The van der Waals surface area contributed by atoms with Gasteiger partial charge in [-0.2, -0.15) is 5.10 Å². The molecule has 1 saturated carbocycles. The van der Waals surface area contributed by atoms with Gasteiger partial charge in [0.2, 0.25) is 0 Å². The standard InChI is InChI=1S/C17H16ClN3O3/c1-23-12-6-5-9(7-13(12)24-10-3-2-4-10)16-15(18)14-11(20-16)8-19-21-17(14)22/h5-8,10,20H,2-4H2,1H3,(H,21,22). The van der Waals surface area contributed by atoms with E-state index >= 15 is 0 Å². The van der Waals surface area contributed by atoms with Crippen molar-refractivity contribution >= 4 is 22.5 Å². The number of ether oxygens (including phenoxy) is 2. The van der Waals surface area contributed by atoms with E-state index in [4.69, 9.17) is 21.1 Å². The van der Waals surface area contributed by atoms with Crippen LogP contribution in [0.2, 0.25) is 5.02 Å². The van der Waals surface area contributed by atoms with Crippen molar-refractivity contribution < 1.29 is 9.47 Å². The Morgan fingerprint density at radius 2 is 2.12 bits per heavy atom. The molecular formula is C17H16ClN3O3. The van der Waals surface area contributed by atoms with Crippen LogP contribution in [-0.4, -0.2) is 28.4 Å². The van der Waals surface area contributed by atoms with Crippen LogP contribution in [0, 0.1) is 0 Å². The van der Waals surface area contributed by atoms with Gasteiger partial charge in [-0.1, -0.05) is 11.6 Å². The normalized spacial score (nSPS) is 14.6. The summed E-state index contributed by atoms with van der Waals surface area (Å²) in [5.41, 5.74) is 1.76. The van der Waals surface area contributed by atoms with E-state index in [1.54, 1.807) is 13.3 Å². The van der Waals surface area contributed by atoms with Crippen LogP contribution in [0.3, 0.4) is 0 Å². The van der Waals surface area contributed by atoms with Crippen molar-refractivity contribution in [2.75, 3.05) is 7.11 Å². The number of fused-ring (bicyclic) bond motifs is 1. The molecule has 0 radical (unpaired) electrons. The molecular weight excluding hydrogens is 330 g/mol. The minimum absolute atomic E-state index is 0.236. The molecule has 2 N–H and O–H groups in total. The number of rotatable bonds is 4. The maximum Gasteiger partial charge on any atom is 0.275 e. The first-order valence-corrected chi connectivity index (χ1v) is 8.15. The molecule has 0 bridgehead atoms. The third-order valence-electron chi connectivity index (χ3n) is 4.35. The van der Waals surface area contributed by atoms with Crippen molar-refractivity contribution in [3.8, 4) is 22.8 Å². The zero-order valence-electron chi connectivity index (χ0n) is 13.1. The molecule has 0 amide bonds. The molecule has 0 spiro atoms. The molecule has 0 atom stereocenters. The molecule has 1 aromatic carbocycles. The lowest BCUT2D eigenvalue weighted by molar-refractivity contribution is 0.116. The summed E-state index contributed by atoms with van der Waals surface area (Å²) >= 11 is 6.42. The Labute approximate surface area is 142 Å². The van der Waals surface area contributed by atoms with Gasteiger partial charge in [0.15, 0.2) is 11.5 Å². The van der Waals surface area contributed by atoms with Gasteiger partial charge >= 0.3 is 0 Å². The number of nitrogens with one attached hydrogen (secondary N) is 2. The van der Waals surface area contributed by atoms with Gasteiger partial charge in [0.25, 0.3) is 5.56 Å². The number of benzene rings is 1. The Morgan fingerprint density at radius 3 is 2.79 bits per heavy atom. The van der Waals surface area contributed by atoms with Crippen LogP contribution in [0.1, 0.15) is 19.3 Å². The first-order chi connectivity index (χ1) is 11.7. The zero-order valence-corrected chi connectivity index (χ0v) is 13.8. The monoisotopic (exact) mass is 345 g/mol. The summed E-state index contributed by atoms with van der Waals surface area (Å²) in [7, 11) is 1.61.